The first-order chi connectivity index (χ1) is 24.3. The second-order valence-corrected chi connectivity index (χ2v) is 14.3. The number of aromatic amines is 1. The van der Waals surface area contributed by atoms with Gasteiger partial charge >= 0.3 is 0 Å². The van der Waals surface area contributed by atoms with E-state index in [9.17, 15) is 15.3 Å². The predicted molar refractivity (Wildman–Crippen MR) is 199 cm³/mol. The summed E-state index contributed by atoms with van der Waals surface area (Å²) in [6.07, 6.45) is 13.1. The SMILES string of the molecule is C[C@H](Cc1ccccc1)[C@@H]1C#C[C@@H]2C=C[C@@H](c3ccc(O)c(OCC[C@H](Cc4ccc[nH]4)c4ccnc(N)c4)c3)C[C@@H](O)[C@H]2[C@@H](O)CCCC1. The number of anilines is 1. The van der Waals surface area contributed by atoms with Crippen molar-refractivity contribution in [2.45, 2.75) is 82.3 Å². The Morgan fingerprint density at radius 1 is 0.940 bits per heavy atom. The molecule has 2 aliphatic carbocycles. The number of fused-ring (bicyclic) bond motifs is 1. The zero-order valence-corrected chi connectivity index (χ0v) is 29.0. The lowest BCUT2D eigenvalue weighted by molar-refractivity contribution is -0.00713. The van der Waals surface area contributed by atoms with Crippen molar-refractivity contribution in [3.63, 3.8) is 0 Å². The van der Waals surface area contributed by atoms with Gasteiger partial charge in [-0.25, -0.2) is 4.98 Å². The highest BCUT2D eigenvalue weighted by Crippen LogP contribution is 2.39. The van der Waals surface area contributed by atoms with E-state index in [1.165, 1.54) is 5.56 Å². The van der Waals surface area contributed by atoms with Crippen LogP contribution in [0.2, 0.25) is 0 Å². The average molecular weight is 674 g/mol. The molecule has 0 fully saturated rings. The standard InChI is InChI=1S/C43H51N3O4/c1-29(24-30-8-3-2-4-9-30)31-10-5-6-12-39(48)43-32(14-13-31)15-16-33(26-40(43)49)34-17-18-38(47)41(27-34)50-23-20-36(25-37-11-7-21-45-37)35-19-22-46-42(44)28-35/h2-4,7-9,11,15-19,21-22,27-29,31-33,36,39-40,43,45,47-49H,5-6,10,12,20,23-26H2,1H3,(H2,44,46)/t29-,31+,32-,33-,36-,39+,40-,43-/m1/s1. The molecule has 2 heterocycles. The van der Waals surface area contributed by atoms with E-state index in [1.54, 1.807) is 12.3 Å². The molecule has 4 aromatic rings. The number of phenols is 1. The fourth-order valence-electron chi connectivity index (χ4n) is 7.80. The molecule has 7 nitrogen and oxygen atoms in total. The van der Waals surface area contributed by atoms with Crippen LogP contribution < -0.4 is 10.5 Å². The Kier molecular flexibility index (Phi) is 12.0. The Morgan fingerprint density at radius 2 is 1.78 bits per heavy atom. The number of pyridine rings is 1. The number of benzene rings is 2. The first-order valence-corrected chi connectivity index (χ1v) is 18.2. The molecular weight excluding hydrogens is 622 g/mol. The lowest BCUT2D eigenvalue weighted by Crippen LogP contribution is -2.37. The molecule has 0 bridgehead atoms. The number of aromatic nitrogens is 2. The number of aromatic hydroxyl groups is 1. The topological polar surface area (TPSA) is 125 Å². The van der Waals surface area contributed by atoms with Crippen LogP contribution in [-0.2, 0) is 12.8 Å². The van der Waals surface area contributed by atoms with Crippen molar-refractivity contribution in [3.05, 3.63) is 120 Å². The quantitative estimate of drug-likeness (QED) is 0.0827. The van der Waals surface area contributed by atoms with Gasteiger partial charge in [-0.2, -0.15) is 0 Å². The number of nitrogens with zero attached hydrogens (tertiary/aromatic N) is 1. The van der Waals surface area contributed by atoms with Crippen LogP contribution in [0.1, 0.15) is 79.7 Å². The lowest BCUT2D eigenvalue weighted by atomic mass is 9.78. The minimum Gasteiger partial charge on any atom is -0.504 e. The van der Waals surface area contributed by atoms with Crippen LogP contribution in [0.5, 0.6) is 11.5 Å². The second kappa shape index (κ2) is 16.9. The number of nitrogens with one attached hydrogen (secondary N) is 1. The number of hydrogen-bond donors (Lipinski definition) is 5. The van der Waals surface area contributed by atoms with E-state index < -0.39 is 12.2 Å². The molecule has 0 saturated heterocycles. The number of aliphatic hydroxyl groups is 2. The summed E-state index contributed by atoms with van der Waals surface area (Å²) < 4.78 is 6.22. The van der Waals surface area contributed by atoms with Gasteiger partial charge in [0.2, 0.25) is 0 Å². The Balaban J connectivity index is 1.17. The third-order valence-electron chi connectivity index (χ3n) is 10.7. The Bertz CT molecular complexity index is 1740. The van der Waals surface area contributed by atoms with Crippen LogP contribution in [0, 0.1) is 35.5 Å². The highest BCUT2D eigenvalue weighted by Gasteiger charge is 2.36. The van der Waals surface area contributed by atoms with Gasteiger partial charge < -0.3 is 30.8 Å². The third kappa shape index (κ3) is 9.18. The number of phenolic OH excluding ortho intramolecular Hbond substituents is 1. The van der Waals surface area contributed by atoms with E-state index in [4.69, 9.17) is 10.5 Å². The summed E-state index contributed by atoms with van der Waals surface area (Å²) in [6, 6.07) is 24.0. The summed E-state index contributed by atoms with van der Waals surface area (Å²) in [4.78, 5) is 7.45. The maximum atomic E-state index is 11.6. The van der Waals surface area contributed by atoms with E-state index in [2.05, 4.69) is 77.3 Å². The summed E-state index contributed by atoms with van der Waals surface area (Å²) in [5.74, 6) is 8.20. The fraction of sp³-hybridized carbons (Fsp3) is 0.419. The predicted octanol–water partition coefficient (Wildman–Crippen LogP) is 7.56. The molecule has 0 aliphatic heterocycles. The van der Waals surface area contributed by atoms with E-state index in [1.807, 2.05) is 36.5 Å². The largest absolute Gasteiger partial charge is 0.504 e. The Morgan fingerprint density at radius 3 is 2.58 bits per heavy atom. The number of nitrogen functional groups attached to an aromatic ring is 1. The monoisotopic (exact) mass is 673 g/mol. The first-order valence-electron chi connectivity index (χ1n) is 18.2. The van der Waals surface area contributed by atoms with E-state index in [-0.39, 0.29) is 35.3 Å². The zero-order chi connectivity index (χ0) is 34.9. The number of aliphatic hydroxyl groups excluding tert-OH is 2. The van der Waals surface area contributed by atoms with E-state index in [0.29, 0.717) is 43.4 Å². The second-order valence-electron chi connectivity index (χ2n) is 14.3. The van der Waals surface area contributed by atoms with Gasteiger partial charge in [-0.05, 0) is 103 Å². The number of nitrogens with two attached hydrogens (primary N) is 1. The number of allylic oxidation sites excluding steroid dienone is 2. The molecule has 0 unspecified atom stereocenters. The van der Waals surface area contributed by atoms with Crippen LogP contribution in [0.3, 0.4) is 0 Å². The summed E-state index contributed by atoms with van der Waals surface area (Å²) in [5.41, 5.74) is 10.5. The van der Waals surface area contributed by atoms with Crippen molar-refractivity contribution in [2.24, 2.45) is 23.7 Å². The van der Waals surface area contributed by atoms with E-state index >= 15 is 0 Å². The molecule has 2 aromatic heterocycles. The summed E-state index contributed by atoms with van der Waals surface area (Å²) in [7, 11) is 0. The highest BCUT2D eigenvalue weighted by molar-refractivity contribution is 5.44. The zero-order valence-electron chi connectivity index (χ0n) is 29.0. The normalized spacial score (nSPS) is 24.9. The van der Waals surface area contributed by atoms with Gasteiger partial charge in [0.1, 0.15) is 5.82 Å². The number of hydrogen-bond acceptors (Lipinski definition) is 6. The average Bonchev–Trinajstić information content (AvgIpc) is 3.57. The third-order valence-corrected chi connectivity index (χ3v) is 10.7. The molecular formula is C43H51N3O4. The van der Waals surface area contributed by atoms with E-state index in [0.717, 1.165) is 48.9 Å². The van der Waals surface area contributed by atoms with Gasteiger partial charge in [-0.15, -0.1) is 0 Å². The van der Waals surface area contributed by atoms with Gasteiger partial charge in [0.25, 0.3) is 0 Å². The number of H-pyrrole nitrogens is 1. The molecule has 0 radical (unpaired) electrons. The fourth-order valence-corrected chi connectivity index (χ4v) is 7.80. The molecule has 50 heavy (non-hydrogen) atoms. The molecule has 0 amide bonds. The van der Waals surface area contributed by atoms with Crippen molar-refractivity contribution in [1.29, 1.82) is 0 Å². The molecule has 0 saturated carbocycles. The molecule has 2 aliphatic rings. The van der Waals surface area contributed by atoms with Crippen molar-refractivity contribution in [2.75, 3.05) is 12.3 Å². The van der Waals surface area contributed by atoms with Gasteiger partial charge in [0.15, 0.2) is 11.5 Å². The van der Waals surface area contributed by atoms with Gasteiger partial charge in [-0.1, -0.05) is 80.2 Å². The van der Waals surface area contributed by atoms with Gasteiger partial charge in [0.05, 0.1) is 18.8 Å². The highest BCUT2D eigenvalue weighted by atomic mass is 16.5. The Labute approximate surface area is 296 Å². The molecule has 6 rings (SSSR count). The van der Waals surface area contributed by atoms with Crippen molar-refractivity contribution >= 4 is 5.82 Å². The summed E-state index contributed by atoms with van der Waals surface area (Å²) >= 11 is 0. The van der Waals surface area contributed by atoms with Crippen molar-refractivity contribution < 1.29 is 20.1 Å². The molecule has 262 valence electrons. The summed E-state index contributed by atoms with van der Waals surface area (Å²) in [5, 5.41) is 33.7. The molecule has 7 heteroatoms. The summed E-state index contributed by atoms with van der Waals surface area (Å²) in [6.45, 7) is 2.68. The lowest BCUT2D eigenvalue weighted by Gasteiger charge is -2.31. The molecule has 0 spiro atoms. The van der Waals surface area contributed by atoms with Gasteiger partial charge in [0, 0.05) is 41.8 Å². The maximum absolute atomic E-state index is 11.6. The van der Waals surface area contributed by atoms with Crippen molar-refractivity contribution in [3.8, 4) is 23.3 Å². The molecule has 6 N–H and O–H groups in total. The van der Waals surface area contributed by atoms with Gasteiger partial charge in [-0.3, -0.25) is 0 Å². The Hall–Kier alpha value is -4.51. The molecule has 8 atom stereocenters. The van der Waals surface area contributed by atoms with Crippen LogP contribution >= 0.6 is 0 Å². The minimum atomic E-state index is -0.733. The van der Waals surface area contributed by atoms with Crippen molar-refractivity contribution in [1.82, 2.24) is 9.97 Å². The van der Waals surface area contributed by atoms with Crippen LogP contribution in [0.25, 0.3) is 0 Å². The van der Waals surface area contributed by atoms with Crippen LogP contribution in [0.4, 0.5) is 5.82 Å². The number of rotatable bonds is 11. The molecule has 2 aromatic carbocycles. The minimum absolute atomic E-state index is 0.0760. The van der Waals surface area contributed by atoms with Crippen LogP contribution in [0.15, 0.2) is 97.3 Å². The maximum Gasteiger partial charge on any atom is 0.161 e. The van der Waals surface area contributed by atoms with Crippen LogP contribution in [-0.4, -0.2) is 44.1 Å². The number of ether oxygens (including phenoxy) is 1. The first kappa shape index (κ1) is 35.3. The smallest absolute Gasteiger partial charge is 0.161 e.